The normalized spacial score (nSPS) is 11.3. The molecule has 0 aliphatic rings. The van der Waals surface area contributed by atoms with Crippen molar-refractivity contribution in [2.45, 2.75) is 5.92 Å². The van der Waals surface area contributed by atoms with Gasteiger partial charge >= 0.3 is 0 Å². The lowest BCUT2D eigenvalue weighted by Crippen LogP contribution is -2.14. The maximum Gasteiger partial charge on any atom is 0.0468 e. The molecule has 0 bridgehead atoms. The zero-order valence-corrected chi connectivity index (χ0v) is 72.2. The molecule has 0 N–H and O–H groups in total. The van der Waals surface area contributed by atoms with Crippen LogP contribution in [0.25, 0.3) is 21.5 Å². The first kappa shape index (κ1) is 80.6. The summed E-state index contributed by atoms with van der Waals surface area (Å²) in [6, 6.07) is 199. The standard InChI is InChI=1S/C123H92N8/c1-10-34-94(35-11-1)123(98-55-54-92-32-28-30-36-96(92)90-98)95-57-59-107(60-58-95)124(99-38-12-2-13-39-99)108-62-64-109(65-63-108)125(100-40-14-3-15-41-100)110-66-68-111(69-67-110)126(101-42-16-4-17-43-101)112-70-72-113(73-71-112)127(102-44-18-5-19-45-102)114-74-76-115(77-75-114)128(103-46-20-6-21-47-103)116-78-80-117(81-79-116)129(104-48-22-7-23-49-104)118-82-84-119(85-83-118)130(105-50-24-8-25-51-105)120-86-88-121(89-87-120)131(106-52-26-9-27-53-106)122-61-56-93-33-29-31-37-97(93)91-122/h1-91,123H. The van der Waals surface area contributed by atoms with Crippen LogP contribution in [0.1, 0.15) is 22.6 Å². The highest BCUT2D eigenvalue weighted by Crippen LogP contribution is 2.49. The van der Waals surface area contributed by atoms with Crippen LogP contribution in [0.2, 0.25) is 0 Å². The summed E-state index contributed by atoms with van der Waals surface area (Å²) in [5, 5.41) is 4.88. The zero-order chi connectivity index (χ0) is 87.4. The van der Waals surface area contributed by atoms with E-state index in [4.69, 9.17) is 0 Å². The highest BCUT2D eigenvalue weighted by Gasteiger charge is 2.26. The average molecular weight is 1680 g/mol. The summed E-state index contributed by atoms with van der Waals surface area (Å²) in [5.41, 5.74) is 28.8. The van der Waals surface area contributed by atoms with E-state index < -0.39 is 0 Å². The van der Waals surface area contributed by atoms with Crippen LogP contribution in [0, 0.1) is 0 Å². The van der Waals surface area contributed by atoms with E-state index in [1.807, 2.05) is 0 Å². The molecule has 1 unspecified atom stereocenters. The zero-order valence-electron chi connectivity index (χ0n) is 72.2. The maximum absolute atomic E-state index is 2.35. The van der Waals surface area contributed by atoms with Gasteiger partial charge in [0.05, 0.1) is 0 Å². The Morgan fingerprint density at radius 1 is 0.0916 bits per heavy atom. The Labute approximate surface area is 766 Å². The molecule has 0 fully saturated rings. The van der Waals surface area contributed by atoms with Crippen LogP contribution in [-0.4, -0.2) is 0 Å². The van der Waals surface area contributed by atoms with E-state index in [1.165, 1.54) is 38.2 Å². The van der Waals surface area contributed by atoms with Crippen molar-refractivity contribution in [2.75, 3.05) is 39.2 Å². The smallest absolute Gasteiger partial charge is 0.0468 e. The molecule has 0 radical (unpaired) electrons. The second-order valence-electron chi connectivity index (χ2n) is 32.6. The molecule has 0 aliphatic heterocycles. The first-order valence-corrected chi connectivity index (χ1v) is 44.6. The number of para-hydroxylation sites is 8. The summed E-state index contributed by atoms with van der Waals surface area (Å²) in [7, 11) is 0. The summed E-state index contributed by atoms with van der Waals surface area (Å²) in [6.07, 6.45) is 0. The van der Waals surface area contributed by atoms with Crippen LogP contribution in [0.4, 0.5) is 136 Å². The van der Waals surface area contributed by atoms with Gasteiger partial charge in [0.2, 0.25) is 0 Å². The van der Waals surface area contributed by atoms with Crippen LogP contribution in [0.3, 0.4) is 0 Å². The van der Waals surface area contributed by atoms with E-state index in [0.29, 0.717) is 0 Å². The second-order valence-corrected chi connectivity index (χ2v) is 32.6. The first-order chi connectivity index (χ1) is 65.0. The highest BCUT2D eigenvalue weighted by molar-refractivity contribution is 5.93. The molecule has 0 spiro atoms. The third kappa shape index (κ3) is 17.2. The van der Waals surface area contributed by atoms with Gasteiger partial charge in [-0.2, -0.15) is 0 Å². The molecule has 0 saturated heterocycles. The monoisotopic (exact) mass is 1680 g/mol. The van der Waals surface area contributed by atoms with Gasteiger partial charge in [0.25, 0.3) is 0 Å². The van der Waals surface area contributed by atoms with E-state index in [0.717, 1.165) is 136 Å². The fourth-order valence-electron chi connectivity index (χ4n) is 18.2. The highest BCUT2D eigenvalue weighted by atomic mass is 15.2. The lowest BCUT2D eigenvalue weighted by atomic mass is 9.84. The Hall–Kier alpha value is -17.5. The molecule has 0 aliphatic carbocycles. The maximum atomic E-state index is 2.35. The molecule has 0 aromatic heterocycles. The van der Waals surface area contributed by atoms with Crippen molar-refractivity contribution in [3.8, 4) is 0 Å². The second kappa shape index (κ2) is 37.4. The summed E-state index contributed by atoms with van der Waals surface area (Å²) in [4.78, 5) is 18.7. The van der Waals surface area contributed by atoms with E-state index in [9.17, 15) is 0 Å². The predicted molar refractivity (Wildman–Crippen MR) is 553 cm³/mol. The van der Waals surface area contributed by atoms with E-state index in [2.05, 4.69) is 591 Å². The topological polar surface area (TPSA) is 25.9 Å². The van der Waals surface area contributed by atoms with Gasteiger partial charge in [-0.3, -0.25) is 0 Å². The molecular formula is C123H92N8. The summed E-state index contributed by atoms with van der Waals surface area (Å²) >= 11 is 0. The van der Waals surface area contributed by atoms with Gasteiger partial charge in [0, 0.05) is 142 Å². The fourth-order valence-corrected chi connectivity index (χ4v) is 18.2. The van der Waals surface area contributed by atoms with E-state index >= 15 is 0 Å². The van der Waals surface area contributed by atoms with Gasteiger partial charge in [-0.25, -0.2) is 0 Å². The van der Waals surface area contributed by atoms with Crippen molar-refractivity contribution in [3.63, 3.8) is 0 Å². The number of fused-ring (bicyclic) bond motifs is 2. The molecule has 21 aromatic rings. The molecule has 0 heterocycles. The third-order valence-corrected chi connectivity index (χ3v) is 24.4. The predicted octanol–water partition coefficient (Wildman–Crippen LogP) is 34.9. The Bertz CT molecular complexity index is 6870. The lowest BCUT2D eigenvalue weighted by Gasteiger charge is -2.30. The van der Waals surface area contributed by atoms with Crippen LogP contribution in [0.15, 0.2) is 552 Å². The molecule has 8 nitrogen and oxygen atoms in total. The van der Waals surface area contributed by atoms with E-state index in [1.54, 1.807) is 0 Å². The van der Waals surface area contributed by atoms with Crippen LogP contribution in [-0.2, 0) is 0 Å². The van der Waals surface area contributed by atoms with Crippen LogP contribution >= 0.6 is 0 Å². The fraction of sp³-hybridized carbons (Fsp3) is 0.00813. The molecule has 131 heavy (non-hydrogen) atoms. The molecular weight excluding hydrogens is 1590 g/mol. The Morgan fingerprint density at radius 3 is 0.450 bits per heavy atom. The quantitative estimate of drug-likeness (QED) is 0.0470. The Balaban J connectivity index is 0.550. The van der Waals surface area contributed by atoms with Crippen molar-refractivity contribution >= 4 is 158 Å². The number of hydrogen-bond donors (Lipinski definition) is 0. The number of rotatable bonds is 27. The number of anilines is 24. The molecule has 0 saturated carbocycles. The average Bonchev–Trinajstić information content (AvgIpc) is 0.782. The molecule has 624 valence electrons. The summed E-state index contributed by atoms with van der Waals surface area (Å²) < 4.78 is 0. The van der Waals surface area contributed by atoms with Crippen molar-refractivity contribution < 1.29 is 0 Å². The van der Waals surface area contributed by atoms with Crippen molar-refractivity contribution in [2.24, 2.45) is 0 Å². The third-order valence-electron chi connectivity index (χ3n) is 24.4. The van der Waals surface area contributed by atoms with Gasteiger partial charge in [-0.1, -0.05) is 261 Å². The lowest BCUT2D eigenvalue weighted by molar-refractivity contribution is 0.980. The number of nitrogens with zero attached hydrogens (tertiary/aromatic N) is 8. The van der Waals surface area contributed by atoms with Gasteiger partial charge < -0.3 is 39.2 Å². The van der Waals surface area contributed by atoms with Gasteiger partial charge in [-0.15, -0.1) is 0 Å². The molecule has 21 rings (SSSR count). The minimum absolute atomic E-state index is 0.0543. The summed E-state index contributed by atoms with van der Waals surface area (Å²) in [5.74, 6) is 0.0543. The van der Waals surface area contributed by atoms with Crippen molar-refractivity contribution in [3.05, 3.63) is 569 Å². The Morgan fingerprint density at radius 2 is 0.229 bits per heavy atom. The molecule has 1 atom stereocenters. The minimum Gasteiger partial charge on any atom is -0.311 e. The van der Waals surface area contributed by atoms with Crippen molar-refractivity contribution in [1.29, 1.82) is 0 Å². The van der Waals surface area contributed by atoms with Gasteiger partial charge in [-0.05, 0) is 329 Å². The minimum atomic E-state index is 0.0543. The van der Waals surface area contributed by atoms with Crippen molar-refractivity contribution in [1.82, 2.24) is 0 Å². The van der Waals surface area contributed by atoms with Crippen LogP contribution in [0.5, 0.6) is 0 Å². The number of hydrogen-bond acceptors (Lipinski definition) is 8. The van der Waals surface area contributed by atoms with Gasteiger partial charge in [0.1, 0.15) is 0 Å². The largest absolute Gasteiger partial charge is 0.311 e. The van der Waals surface area contributed by atoms with E-state index in [-0.39, 0.29) is 5.92 Å². The van der Waals surface area contributed by atoms with Crippen LogP contribution < -0.4 is 39.2 Å². The molecule has 21 aromatic carbocycles. The number of benzene rings is 21. The molecule has 8 heteroatoms. The first-order valence-electron chi connectivity index (χ1n) is 44.6. The van der Waals surface area contributed by atoms with Gasteiger partial charge in [0.15, 0.2) is 0 Å². The Kier molecular flexibility index (Phi) is 23.0. The molecule has 0 amide bonds. The summed E-state index contributed by atoms with van der Waals surface area (Å²) in [6.45, 7) is 0. The SMILES string of the molecule is c1ccc(C(c2ccc(N(c3ccccc3)c3ccc(N(c4ccccc4)c4ccc(N(c5ccccc5)c5ccc(N(c6ccccc6)c6ccc(N(c7ccccc7)c7ccc(N(c8ccccc8)c8ccc(N(c9ccccc9)c9ccc(N(c%10ccccc%10)c%10ccc%11ccccc%11c%10)cc9)cc8)cc7)cc6)cc5)cc4)cc3)cc2)c2ccc3ccccc3c2)cc1.